The molecule has 0 spiro atoms. The number of hydrogen-bond acceptors (Lipinski definition) is 0. The van der Waals surface area contributed by atoms with Gasteiger partial charge in [-0.05, 0) is 42.4 Å². The molecule has 0 heterocycles. The fourth-order valence-corrected chi connectivity index (χ4v) is 3.84. The van der Waals surface area contributed by atoms with Crippen LogP contribution >= 0.6 is 0 Å². The van der Waals surface area contributed by atoms with Gasteiger partial charge in [0.15, 0.2) is 0 Å². The van der Waals surface area contributed by atoms with Gasteiger partial charge < -0.3 is 0 Å². The molecule has 0 amide bonds. The van der Waals surface area contributed by atoms with Crippen molar-refractivity contribution in [1.29, 1.82) is 0 Å². The summed E-state index contributed by atoms with van der Waals surface area (Å²) >= 11 is 0. The Hall–Kier alpha value is 0. The maximum absolute atomic E-state index is 2.49. The van der Waals surface area contributed by atoms with Crippen molar-refractivity contribution in [1.82, 2.24) is 0 Å². The smallest absolute Gasteiger partial charge is 0.0412 e. The van der Waals surface area contributed by atoms with Crippen LogP contribution in [0.15, 0.2) is 0 Å². The van der Waals surface area contributed by atoms with E-state index in [0.29, 0.717) is 0 Å². The van der Waals surface area contributed by atoms with Crippen LogP contribution in [0.1, 0.15) is 113 Å². The van der Waals surface area contributed by atoms with Crippen LogP contribution in [-0.4, -0.2) is 0 Å². The Morgan fingerprint density at radius 1 is 0.591 bits per heavy atom. The Labute approximate surface area is 142 Å². The molecular weight excluding hydrogens is 264 g/mol. The summed E-state index contributed by atoms with van der Waals surface area (Å²) in [4.78, 5) is 0. The molecule has 0 aromatic heterocycles. The van der Waals surface area contributed by atoms with Crippen molar-refractivity contribution in [2.24, 2.45) is 29.6 Å². The van der Waals surface area contributed by atoms with Gasteiger partial charge in [-0.3, -0.25) is 0 Å². The van der Waals surface area contributed by atoms with Crippen LogP contribution in [-0.2, 0) is 0 Å². The lowest BCUT2D eigenvalue weighted by atomic mass is 9.83. The van der Waals surface area contributed by atoms with Crippen LogP contribution in [0.4, 0.5) is 0 Å². The Balaban J connectivity index is 3.81. The van der Waals surface area contributed by atoms with E-state index < -0.39 is 0 Å². The molecule has 0 fully saturated rings. The Morgan fingerprint density at radius 3 is 1.68 bits per heavy atom. The minimum atomic E-state index is 0.915. The first-order chi connectivity index (χ1) is 10.4. The highest BCUT2D eigenvalue weighted by Gasteiger charge is 2.15. The van der Waals surface area contributed by atoms with E-state index in [4.69, 9.17) is 0 Å². The molecule has 0 aromatic carbocycles. The summed E-state index contributed by atoms with van der Waals surface area (Å²) in [7, 11) is 0. The molecule has 0 heteroatoms. The van der Waals surface area contributed by atoms with Crippen LogP contribution in [0.2, 0.25) is 0 Å². The molecule has 0 rings (SSSR count). The van der Waals surface area contributed by atoms with Crippen molar-refractivity contribution in [2.75, 3.05) is 0 Å². The van der Waals surface area contributed by atoms with E-state index >= 15 is 0 Å². The van der Waals surface area contributed by atoms with E-state index in [2.05, 4.69) is 48.5 Å². The van der Waals surface area contributed by atoms with Gasteiger partial charge in [-0.1, -0.05) is 99.8 Å². The Kier molecular flexibility index (Phi) is 13.4. The van der Waals surface area contributed by atoms with E-state index in [1.807, 2.05) is 0 Å². The summed E-state index contributed by atoms with van der Waals surface area (Å²) in [6.45, 7) is 16.8. The number of rotatable bonds is 14. The zero-order valence-electron chi connectivity index (χ0n) is 17.0. The quantitative estimate of drug-likeness (QED) is 0.284. The predicted octanol–water partition coefficient (Wildman–Crippen LogP) is 8.11. The highest BCUT2D eigenvalue weighted by Crippen LogP contribution is 2.28. The highest BCUT2D eigenvalue weighted by atomic mass is 14.2. The van der Waals surface area contributed by atoms with E-state index in [9.17, 15) is 0 Å². The maximum Gasteiger partial charge on any atom is -0.0412 e. The topological polar surface area (TPSA) is 0 Å². The molecular formula is C22H46. The van der Waals surface area contributed by atoms with Crippen molar-refractivity contribution >= 4 is 0 Å². The summed E-state index contributed by atoms with van der Waals surface area (Å²) in [5.41, 5.74) is 0. The second-order valence-corrected chi connectivity index (χ2v) is 8.39. The average molecular weight is 311 g/mol. The molecule has 0 N–H and O–H groups in total. The first-order valence-electron chi connectivity index (χ1n) is 10.4. The van der Waals surface area contributed by atoms with Crippen LogP contribution in [0, 0.1) is 29.6 Å². The molecule has 134 valence electrons. The van der Waals surface area contributed by atoms with Crippen molar-refractivity contribution < 1.29 is 0 Å². The number of hydrogen-bond donors (Lipinski definition) is 0. The molecule has 0 saturated heterocycles. The van der Waals surface area contributed by atoms with E-state index in [-0.39, 0.29) is 0 Å². The normalized spacial score (nSPS) is 18.7. The molecule has 5 unspecified atom stereocenters. The third-order valence-electron chi connectivity index (χ3n) is 6.07. The van der Waals surface area contributed by atoms with Gasteiger partial charge in [0.05, 0.1) is 0 Å². The van der Waals surface area contributed by atoms with Crippen molar-refractivity contribution in [3.05, 3.63) is 0 Å². The molecule has 5 atom stereocenters. The minimum absolute atomic E-state index is 0.915. The van der Waals surface area contributed by atoms with Gasteiger partial charge in [0.25, 0.3) is 0 Å². The van der Waals surface area contributed by atoms with Crippen LogP contribution < -0.4 is 0 Å². The van der Waals surface area contributed by atoms with Crippen molar-refractivity contribution in [2.45, 2.75) is 113 Å². The molecule has 0 aliphatic carbocycles. The van der Waals surface area contributed by atoms with E-state index in [0.717, 1.165) is 29.6 Å². The van der Waals surface area contributed by atoms with Crippen LogP contribution in [0.3, 0.4) is 0 Å². The van der Waals surface area contributed by atoms with Crippen molar-refractivity contribution in [3.63, 3.8) is 0 Å². The van der Waals surface area contributed by atoms with Gasteiger partial charge >= 0.3 is 0 Å². The SMILES string of the molecule is CCCC(C)C(C)CCCCC(C)CC(CC)CC(C)CC. The predicted molar refractivity (Wildman–Crippen MR) is 103 cm³/mol. The molecule has 0 radical (unpaired) electrons. The minimum Gasteiger partial charge on any atom is -0.0654 e. The summed E-state index contributed by atoms with van der Waals surface area (Å²) in [5.74, 6) is 4.65. The monoisotopic (exact) mass is 310 g/mol. The second kappa shape index (κ2) is 13.4. The summed E-state index contributed by atoms with van der Waals surface area (Å²) in [6.07, 6.45) is 14.2. The molecule has 22 heavy (non-hydrogen) atoms. The lowest BCUT2D eigenvalue weighted by molar-refractivity contribution is 0.291. The third kappa shape index (κ3) is 10.7. The van der Waals surface area contributed by atoms with Gasteiger partial charge in [0, 0.05) is 0 Å². The molecule has 0 bridgehead atoms. The fourth-order valence-electron chi connectivity index (χ4n) is 3.84. The summed E-state index contributed by atoms with van der Waals surface area (Å²) in [6, 6.07) is 0. The van der Waals surface area contributed by atoms with Gasteiger partial charge in [-0.2, -0.15) is 0 Å². The van der Waals surface area contributed by atoms with Crippen molar-refractivity contribution in [3.8, 4) is 0 Å². The average Bonchev–Trinajstić information content (AvgIpc) is 2.50. The molecule has 0 aliphatic heterocycles. The van der Waals surface area contributed by atoms with E-state index in [1.165, 1.54) is 64.2 Å². The first kappa shape index (κ1) is 22.0. The summed E-state index contributed by atoms with van der Waals surface area (Å²) < 4.78 is 0. The zero-order valence-corrected chi connectivity index (χ0v) is 17.0. The molecule has 0 saturated carbocycles. The zero-order chi connectivity index (χ0) is 17.0. The third-order valence-corrected chi connectivity index (χ3v) is 6.07. The first-order valence-corrected chi connectivity index (χ1v) is 10.4. The summed E-state index contributed by atoms with van der Waals surface area (Å²) in [5, 5.41) is 0. The van der Waals surface area contributed by atoms with Gasteiger partial charge in [-0.15, -0.1) is 0 Å². The molecule has 0 aromatic rings. The van der Waals surface area contributed by atoms with Crippen LogP contribution in [0.25, 0.3) is 0 Å². The second-order valence-electron chi connectivity index (χ2n) is 8.39. The standard InChI is InChI=1S/C22H46/c1-8-13-20(6)21(7)15-12-11-14-19(5)17-22(10-3)16-18(4)9-2/h18-22H,8-17H2,1-7H3. The molecule has 0 nitrogen and oxygen atoms in total. The fraction of sp³-hybridized carbons (Fsp3) is 1.00. The Bertz CT molecular complexity index is 232. The lowest BCUT2D eigenvalue weighted by Gasteiger charge is -2.23. The van der Waals surface area contributed by atoms with Crippen LogP contribution in [0.5, 0.6) is 0 Å². The van der Waals surface area contributed by atoms with Gasteiger partial charge in [-0.25, -0.2) is 0 Å². The maximum atomic E-state index is 2.49. The molecule has 0 aliphatic rings. The largest absolute Gasteiger partial charge is 0.0654 e. The Morgan fingerprint density at radius 2 is 1.14 bits per heavy atom. The number of unbranched alkanes of at least 4 members (excludes halogenated alkanes) is 1. The van der Waals surface area contributed by atoms with Gasteiger partial charge in [0.2, 0.25) is 0 Å². The highest BCUT2D eigenvalue weighted by molar-refractivity contribution is 4.67. The van der Waals surface area contributed by atoms with Gasteiger partial charge in [0.1, 0.15) is 0 Å². The lowest BCUT2D eigenvalue weighted by Crippen LogP contribution is -2.10. The van der Waals surface area contributed by atoms with E-state index in [1.54, 1.807) is 0 Å².